The molecule has 0 radical (unpaired) electrons. The first-order valence-corrected chi connectivity index (χ1v) is 6.22. The van der Waals surface area contributed by atoms with E-state index in [-0.39, 0.29) is 18.3 Å². The highest BCUT2D eigenvalue weighted by molar-refractivity contribution is 5.28. The van der Waals surface area contributed by atoms with Crippen molar-refractivity contribution in [1.29, 1.82) is 0 Å². The zero-order chi connectivity index (χ0) is 13.1. The summed E-state index contributed by atoms with van der Waals surface area (Å²) >= 11 is 0. The third-order valence-electron chi connectivity index (χ3n) is 3.09. The van der Waals surface area contributed by atoms with Crippen molar-refractivity contribution in [2.24, 2.45) is 0 Å². The Morgan fingerprint density at radius 2 is 1.76 bits per heavy atom. The first-order valence-electron chi connectivity index (χ1n) is 6.22. The van der Waals surface area contributed by atoms with E-state index in [0.29, 0.717) is 6.42 Å². The molecule has 0 heterocycles. The maximum absolute atomic E-state index is 13.2. The molecule has 0 bridgehead atoms. The van der Waals surface area contributed by atoms with Crippen LogP contribution in [-0.2, 0) is 11.8 Å². The minimum Gasteiger partial charge on any atom is -0.207 e. The molecule has 0 aromatic heterocycles. The molecule has 17 heavy (non-hydrogen) atoms. The van der Waals surface area contributed by atoms with Crippen molar-refractivity contribution in [2.45, 2.75) is 58.3 Å². The van der Waals surface area contributed by atoms with Crippen LogP contribution in [0.2, 0.25) is 0 Å². The predicted molar refractivity (Wildman–Crippen MR) is 68.7 cm³/mol. The van der Waals surface area contributed by atoms with Gasteiger partial charge in [0.05, 0.1) is 0 Å². The molecular formula is C15H22F2. The number of halogens is 2. The highest BCUT2D eigenvalue weighted by atomic mass is 19.3. The van der Waals surface area contributed by atoms with Crippen molar-refractivity contribution in [1.82, 2.24) is 0 Å². The van der Waals surface area contributed by atoms with Crippen LogP contribution >= 0.6 is 0 Å². The summed E-state index contributed by atoms with van der Waals surface area (Å²) in [5, 5.41) is 0. The zero-order valence-corrected chi connectivity index (χ0v) is 11.2. The number of benzene rings is 1. The smallest absolute Gasteiger partial charge is 0.207 e. The lowest BCUT2D eigenvalue weighted by atomic mass is 9.85. The van der Waals surface area contributed by atoms with Gasteiger partial charge in [-0.2, -0.15) is 0 Å². The van der Waals surface area contributed by atoms with E-state index < -0.39 is 5.92 Å². The van der Waals surface area contributed by atoms with Gasteiger partial charge in [-0.1, -0.05) is 52.0 Å². The summed E-state index contributed by atoms with van der Waals surface area (Å²) in [4.78, 5) is 0. The molecule has 0 aliphatic carbocycles. The number of hydrogen-bond donors (Lipinski definition) is 0. The fraction of sp³-hybridized carbons (Fsp3) is 0.600. The number of rotatable bonds is 4. The maximum atomic E-state index is 13.2. The normalized spacial score (nSPS) is 12.8. The molecular weight excluding hydrogens is 218 g/mol. The van der Waals surface area contributed by atoms with E-state index in [4.69, 9.17) is 0 Å². The molecule has 1 rings (SSSR count). The molecule has 0 saturated carbocycles. The Morgan fingerprint density at radius 3 is 2.29 bits per heavy atom. The van der Waals surface area contributed by atoms with Gasteiger partial charge in [0.2, 0.25) is 5.92 Å². The van der Waals surface area contributed by atoms with Gasteiger partial charge in [0.1, 0.15) is 0 Å². The lowest BCUT2D eigenvalue weighted by molar-refractivity contribution is -0.0110. The molecule has 2 heteroatoms. The molecule has 0 saturated heterocycles. The van der Waals surface area contributed by atoms with Crippen molar-refractivity contribution in [2.75, 3.05) is 0 Å². The molecule has 0 amide bonds. The second-order valence-electron chi connectivity index (χ2n) is 5.66. The van der Waals surface area contributed by atoms with E-state index in [1.807, 2.05) is 18.2 Å². The topological polar surface area (TPSA) is 0 Å². The third-order valence-corrected chi connectivity index (χ3v) is 3.09. The SMILES string of the molecule is CCC(F)(F)CCc1cccc(C(C)(C)C)c1. The summed E-state index contributed by atoms with van der Waals surface area (Å²) in [5.74, 6) is -2.53. The Labute approximate surface area is 103 Å². The van der Waals surface area contributed by atoms with Crippen molar-refractivity contribution >= 4 is 0 Å². The van der Waals surface area contributed by atoms with E-state index in [2.05, 4.69) is 26.8 Å². The first-order chi connectivity index (χ1) is 7.74. The number of aryl methyl sites for hydroxylation is 1. The molecule has 96 valence electrons. The van der Waals surface area contributed by atoms with Crippen LogP contribution in [0.15, 0.2) is 24.3 Å². The first kappa shape index (κ1) is 14.1. The summed E-state index contributed by atoms with van der Waals surface area (Å²) in [5.41, 5.74) is 2.28. The quantitative estimate of drug-likeness (QED) is 0.697. The highest BCUT2D eigenvalue weighted by Gasteiger charge is 2.25. The fourth-order valence-corrected chi connectivity index (χ4v) is 1.70. The highest BCUT2D eigenvalue weighted by Crippen LogP contribution is 2.27. The average molecular weight is 240 g/mol. The van der Waals surface area contributed by atoms with Gasteiger partial charge >= 0.3 is 0 Å². The Bertz CT molecular complexity index is 361. The van der Waals surface area contributed by atoms with Gasteiger partial charge in [0, 0.05) is 12.8 Å². The minimum absolute atomic E-state index is 0.0584. The molecule has 0 atom stereocenters. The number of hydrogen-bond acceptors (Lipinski definition) is 0. The van der Waals surface area contributed by atoms with Crippen molar-refractivity contribution in [3.63, 3.8) is 0 Å². The van der Waals surface area contributed by atoms with Crippen LogP contribution in [-0.4, -0.2) is 5.92 Å². The Kier molecular flexibility index (Phi) is 4.29. The van der Waals surface area contributed by atoms with Gasteiger partial charge in [-0.05, 0) is 23.0 Å². The number of alkyl halides is 2. The summed E-state index contributed by atoms with van der Waals surface area (Å²) < 4.78 is 26.3. The molecule has 0 spiro atoms. The van der Waals surface area contributed by atoms with Crippen LogP contribution in [0, 0.1) is 0 Å². The molecule has 0 fully saturated rings. The van der Waals surface area contributed by atoms with Gasteiger partial charge in [-0.15, -0.1) is 0 Å². The van der Waals surface area contributed by atoms with Crippen LogP contribution < -0.4 is 0 Å². The summed E-state index contributed by atoms with van der Waals surface area (Å²) in [7, 11) is 0. The third kappa shape index (κ3) is 4.45. The Morgan fingerprint density at radius 1 is 1.12 bits per heavy atom. The van der Waals surface area contributed by atoms with Gasteiger partial charge in [0.15, 0.2) is 0 Å². The van der Waals surface area contributed by atoms with Gasteiger partial charge in [0.25, 0.3) is 0 Å². The fourth-order valence-electron chi connectivity index (χ4n) is 1.70. The average Bonchev–Trinajstić information content (AvgIpc) is 2.26. The lowest BCUT2D eigenvalue weighted by Gasteiger charge is -2.20. The monoisotopic (exact) mass is 240 g/mol. The Balaban J connectivity index is 2.74. The van der Waals surface area contributed by atoms with Gasteiger partial charge in [-0.25, -0.2) is 8.78 Å². The van der Waals surface area contributed by atoms with E-state index in [1.54, 1.807) is 0 Å². The molecule has 0 unspecified atom stereocenters. The largest absolute Gasteiger partial charge is 0.248 e. The minimum atomic E-state index is -2.53. The predicted octanol–water partition coefficient (Wildman–Crippen LogP) is 4.96. The van der Waals surface area contributed by atoms with Gasteiger partial charge < -0.3 is 0 Å². The zero-order valence-electron chi connectivity index (χ0n) is 11.2. The molecule has 0 aliphatic rings. The maximum Gasteiger partial charge on any atom is 0.248 e. The molecule has 0 nitrogen and oxygen atoms in total. The second kappa shape index (κ2) is 5.16. The summed E-state index contributed by atoms with van der Waals surface area (Å²) in [6, 6.07) is 7.99. The van der Waals surface area contributed by atoms with E-state index >= 15 is 0 Å². The van der Waals surface area contributed by atoms with E-state index in [0.717, 1.165) is 5.56 Å². The summed E-state index contributed by atoms with van der Waals surface area (Å²) in [6.45, 7) is 7.93. The second-order valence-corrected chi connectivity index (χ2v) is 5.66. The van der Waals surface area contributed by atoms with Crippen LogP contribution in [0.5, 0.6) is 0 Å². The van der Waals surface area contributed by atoms with E-state index in [9.17, 15) is 8.78 Å². The van der Waals surface area contributed by atoms with Crippen molar-refractivity contribution < 1.29 is 8.78 Å². The Hall–Kier alpha value is -0.920. The van der Waals surface area contributed by atoms with E-state index in [1.165, 1.54) is 12.5 Å². The van der Waals surface area contributed by atoms with Crippen LogP contribution in [0.4, 0.5) is 8.78 Å². The van der Waals surface area contributed by atoms with Gasteiger partial charge in [-0.3, -0.25) is 0 Å². The molecule has 0 N–H and O–H groups in total. The standard InChI is InChI=1S/C15H22F2/c1-5-15(16,17)10-9-12-7-6-8-13(11-12)14(2,3)4/h6-8,11H,5,9-10H2,1-4H3. The van der Waals surface area contributed by atoms with Crippen molar-refractivity contribution in [3.05, 3.63) is 35.4 Å². The van der Waals surface area contributed by atoms with Crippen LogP contribution in [0.25, 0.3) is 0 Å². The van der Waals surface area contributed by atoms with Crippen LogP contribution in [0.3, 0.4) is 0 Å². The molecule has 1 aromatic rings. The van der Waals surface area contributed by atoms with Crippen LogP contribution in [0.1, 0.15) is 51.7 Å². The molecule has 1 aromatic carbocycles. The van der Waals surface area contributed by atoms with Crippen molar-refractivity contribution in [3.8, 4) is 0 Å². The lowest BCUT2D eigenvalue weighted by Crippen LogP contribution is -2.15. The summed E-state index contributed by atoms with van der Waals surface area (Å²) in [6.07, 6.45) is 0.313. The molecule has 0 aliphatic heterocycles.